The highest BCUT2D eigenvalue weighted by Gasteiger charge is 2.12. The molecule has 0 aliphatic heterocycles. The molecule has 15 heavy (non-hydrogen) atoms. The second-order valence-electron chi connectivity index (χ2n) is 4.05. The van der Waals surface area contributed by atoms with Crippen molar-refractivity contribution in [3.63, 3.8) is 0 Å². The first-order valence-corrected chi connectivity index (χ1v) is 7.02. The summed E-state index contributed by atoms with van der Waals surface area (Å²) < 4.78 is 1.17. The van der Waals surface area contributed by atoms with Crippen LogP contribution >= 0.6 is 27.3 Å². The van der Waals surface area contributed by atoms with Gasteiger partial charge in [0.1, 0.15) is 0 Å². The Hall–Kier alpha value is 0.1000. The minimum atomic E-state index is 0.394. The van der Waals surface area contributed by atoms with E-state index in [0.29, 0.717) is 6.04 Å². The van der Waals surface area contributed by atoms with E-state index >= 15 is 0 Å². The van der Waals surface area contributed by atoms with Gasteiger partial charge in [-0.2, -0.15) is 0 Å². The van der Waals surface area contributed by atoms with Crippen molar-refractivity contribution in [3.05, 3.63) is 20.8 Å². The minimum absolute atomic E-state index is 0.394. The number of halogens is 1. The Bertz CT molecular complexity index is 288. The monoisotopic (exact) mass is 290 g/mol. The molecule has 1 aromatic rings. The molecular formula is C11H19BrN2S. The zero-order chi connectivity index (χ0) is 11.3. The lowest BCUT2D eigenvalue weighted by atomic mass is 9.97. The summed E-state index contributed by atoms with van der Waals surface area (Å²) in [5, 5.41) is 2.12. The van der Waals surface area contributed by atoms with Crippen LogP contribution in [0.3, 0.4) is 0 Å². The van der Waals surface area contributed by atoms with E-state index in [1.165, 1.54) is 15.8 Å². The lowest BCUT2D eigenvalue weighted by Gasteiger charge is -2.18. The molecule has 2 nitrogen and oxygen atoms in total. The first-order valence-electron chi connectivity index (χ1n) is 5.34. The first kappa shape index (κ1) is 13.2. The van der Waals surface area contributed by atoms with Gasteiger partial charge in [0, 0.05) is 20.8 Å². The summed E-state index contributed by atoms with van der Waals surface area (Å²) in [5.41, 5.74) is 2.92. The molecule has 0 amide bonds. The Morgan fingerprint density at radius 3 is 2.80 bits per heavy atom. The molecule has 0 aromatic carbocycles. The van der Waals surface area contributed by atoms with Crippen LogP contribution in [0, 0.1) is 5.92 Å². The summed E-state index contributed by atoms with van der Waals surface area (Å²) >= 11 is 5.25. The molecule has 2 atom stereocenters. The van der Waals surface area contributed by atoms with Gasteiger partial charge in [-0.3, -0.25) is 11.3 Å². The number of hydrogen-bond acceptors (Lipinski definition) is 3. The lowest BCUT2D eigenvalue weighted by molar-refractivity contribution is 0.398. The Labute approximate surface area is 104 Å². The second-order valence-corrected chi connectivity index (χ2v) is 5.96. The van der Waals surface area contributed by atoms with E-state index in [-0.39, 0.29) is 0 Å². The Balaban J connectivity index is 2.46. The number of hydrazine groups is 1. The van der Waals surface area contributed by atoms with Gasteiger partial charge in [0.15, 0.2) is 0 Å². The quantitative estimate of drug-likeness (QED) is 0.623. The topological polar surface area (TPSA) is 38.0 Å². The standard InChI is InChI=1S/C11H19BrN2S/c1-3-8(2)4-10(14-13)6-11-5-9(12)7-15-11/h5,7-8,10,14H,3-4,6,13H2,1-2H3. The lowest BCUT2D eigenvalue weighted by Crippen LogP contribution is -2.37. The maximum absolute atomic E-state index is 5.57. The van der Waals surface area contributed by atoms with Crippen molar-refractivity contribution in [1.29, 1.82) is 0 Å². The van der Waals surface area contributed by atoms with E-state index in [1.54, 1.807) is 11.3 Å². The predicted molar refractivity (Wildman–Crippen MR) is 70.9 cm³/mol. The third-order valence-electron chi connectivity index (χ3n) is 2.69. The molecule has 0 fully saturated rings. The van der Waals surface area contributed by atoms with Gasteiger partial charge in [0.25, 0.3) is 0 Å². The van der Waals surface area contributed by atoms with E-state index in [9.17, 15) is 0 Å². The number of nitrogens with two attached hydrogens (primary N) is 1. The highest BCUT2D eigenvalue weighted by atomic mass is 79.9. The highest BCUT2D eigenvalue weighted by molar-refractivity contribution is 9.10. The summed E-state index contributed by atoms with van der Waals surface area (Å²) in [4.78, 5) is 1.38. The van der Waals surface area contributed by atoms with Crippen molar-refractivity contribution in [2.45, 2.75) is 39.2 Å². The molecule has 1 heterocycles. The van der Waals surface area contributed by atoms with Crippen LogP contribution in [0.25, 0.3) is 0 Å². The Morgan fingerprint density at radius 1 is 1.60 bits per heavy atom. The van der Waals surface area contributed by atoms with E-state index in [4.69, 9.17) is 5.84 Å². The van der Waals surface area contributed by atoms with Gasteiger partial charge in [0.05, 0.1) is 0 Å². The van der Waals surface area contributed by atoms with Crippen LogP contribution in [0.2, 0.25) is 0 Å². The van der Waals surface area contributed by atoms with Gasteiger partial charge >= 0.3 is 0 Å². The zero-order valence-corrected chi connectivity index (χ0v) is 11.7. The van der Waals surface area contributed by atoms with Crippen molar-refractivity contribution in [3.8, 4) is 0 Å². The normalized spacial score (nSPS) is 15.2. The van der Waals surface area contributed by atoms with Crippen molar-refractivity contribution >= 4 is 27.3 Å². The van der Waals surface area contributed by atoms with Crippen LogP contribution in [-0.4, -0.2) is 6.04 Å². The van der Waals surface area contributed by atoms with Crippen LogP contribution in [0.1, 0.15) is 31.6 Å². The molecule has 0 bridgehead atoms. The van der Waals surface area contributed by atoms with Crippen LogP contribution < -0.4 is 11.3 Å². The van der Waals surface area contributed by atoms with E-state index < -0.39 is 0 Å². The SMILES string of the molecule is CCC(C)CC(Cc1cc(Br)cs1)NN. The van der Waals surface area contributed by atoms with Crippen LogP contribution in [0.5, 0.6) is 0 Å². The van der Waals surface area contributed by atoms with Crippen molar-refractivity contribution in [1.82, 2.24) is 5.43 Å². The molecule has 0 spiro atoms. The zero-order valence-electron chi connectivity index (χ0n) is 9.29. The molecule has 1 aromatic heterocycles. The van der Waals surface area contributed by atoms with Crippen molar-refractivity contribution < 1.29 is 0 Å². The molecule has 0 aliphatic rings. The third-order valence-corrected chi connectivity index (χ3v) is 4.41. The highest BCUT2D eigenvalue weighted by Crippen LogP contribution is 2.22. The maximum atomic E-state index is 5.57. The van der Waals surface area contributed by atoms with E-state index in [0.717, 1.165) is 18.8 Å². The first-order chi connectivity index (χ1) is 7.15. The average Bonchev–Trinajstić information content (AvgIpc) is 2.62. The number of rotatable bonds is 6. The molecule has 86 valence electrons. The largest absolute Gasteiger partial charge is 0.271 e. The molecule has 0 saturated heterocycles. The summed E-state index contributed by atoms with van der Waals surface area (Å²) in [6.45, 7) is 4.49. The van der Waals surface area contributed by atoms with Crippen LogP contribution in [0.15, 0.2) is 15.9 Å². The molecule has 0 aliphatic carbocycles. The number of hydrogen-bond donors (Lipinski definition) is 2. The smallest absolute Gasteiger partial charge is 0.0285 e. The second kappa shape index (κ2) is 6.63. The van der Waals surface area contributed by atoms with E-state index in [1.807, 2.05) is 0 Å². The number of nitrogens with one attached hydrogen (secondary N) is 1. The van der Waals surface area contributed by atoms with Gasteiger partial charge < -0.3 is 0 Å². The minimum Gasteiger partial charge on any atom is -0.271 e. The van der Waals surface area contributed by atoms with Crippen molar-refractivity contribution in [2.24, 2.45) is 11.8 Å². The average molecular weight is 291 g/mol. The molecule has 0 radical (unpaired) electrons. The van der Waals surface area contributed by atoms with Gasteiger partial charge in [-0.25, -0.2) is 0 Å². The maximum Gasteiger partial charge on any atom is 0.0285 e. The summed E-state index contributed by atoms with van der Waals surface area (Å²) in [7, 11) is 0. The Morgan fingerprint density at radius 2 is 2.33 bits per heavy atom. The fourth-order valence-corrected chi connectivity index (χ4v) is 3.10. The molecule has 3 N–H and O–H groups in total. The van der Waals surface area contributed by atoms with Crippen LogP contribution in [0.4, 0.5) is 0 Å². The molecular weight excluding hydrogens is 272 g/mol. The van der Waals surface area contributed by atoms with Gasteiger partial charge in [-0.1, -0.05) is 20.3 Å². The van der Waals surface area contributed by atoms with Crippen LogP contribution in [-0.2, 0) is 6.42 Å². The fourth-order valence-electron chi connectivity index (χ4n) is 1.57. The summed E-state index contributed by atoms with van der Waals surface area (Å²) in [6, 6.07) is 2.57. The predicted octanol–water partition coefficient (Wildman–Crippen LogP) is 3.32. The van der Waals surface area contributed by atoms with E-state index in [2.05, 4.69) is 46.6 Å². The third kappa shape index (κ3) is 4.64. The fraction of sp³-hybridized carbons (Fsp3) is 0.636. The van der Waals surface area contributed by atoms with Crippen molar-refractivity contribution in [2.75, 3.05) is 0 Å². The van der Waals surface area contributed by atoms with Gasteiger partial charge in [-0.15, -0.1) is 11.3 Å². The molecule has 2 unspecified atom stereocenters. The summed E-state index contributed by atoms with van der Waals surface area (Å²) in [5.74, 6) is 6.30. The molecule has 1 rings (SSSR count). The van der Waals surface area contributed by atoms with Gasteiger partial charge in [-0.05, 0) is 40.8 Å². The van der Waals surface area contributed by atoms with Gasteiger partial charge in [0.2, 0.25) is 0 Å². The molecule has 4 heteroatoms. The Kier molecular flexibility index (Phi) is 5.82. The number of thiophene rings is 1. The molecule has 0 saturated carbocycles. The summed E-state index contributed by atoms with van der Waals surface area (Å²) in [6.07, 6.45) is 3.38.